The normalized spacial score (nSPS) is 9.75. The highest BCUT2D eigenvalue weighted by Crippen LogP contribution is 2.15. The van der Waals surface area contributed by atoms with Crippen LogP contribution in [0.3, 0.4) is 0 Å². The second-order valence-electron chi connectivity index (χ2n) is 2.07. The summed E-state index contributed by atoms with van der Waals surface area (Å²) < 4.78 is 0.906. The first-order valence-electron chi connectivity index (χ1n) is 2.93. The van der Waals surface area contributed by atoms with Gasteiger partial charge in [0.2, 0.25) is 0 Å². The summed E-state index contributed by atoms with van der Waals surface area (Å²) >= 11 is 0. The summed E-state index contributed by atoms with van der Waals surface area (Å²) in [5.41, 5.74) is -0.400. The van der Waals surface area contributed by atoms with Crippen molar-refractivity contribution in [3.05, 3.63) is 21.9 Å². The Balaban J connectivity index is 3.31. The van der Waals surface area contributed by atoms with E-state index in [0.717, 1.165) is 10.9 Å². The van der Waals surface area contributed by atoms with Crippen molar-refractivity contribution in [1.82, 2.24) is 9.78 Å². The maximum absolute atomic E-state index is 10.4. The topological polar surface area (TPSA) is 98.3 Å². The number of aromatic nitrogens is 2. The SMILES string of the molecule is Cn1ncc(C(=O)O)c1[N+](=O)[O-]. The molecule has 7 heteroatoms. The smallest absolute Gasteiger partial charge is 0.359 e. The van der Waals surface area contributed by atoms with Crippen molar-refractivity contribution in [2.24, 2.45) is 7.05 Å². The van der Waals surface area contributed by atoms with E-state index in [1.54, 1.807) is 0 Å². The van der Waals surface area contributed by atoms with Gasteiger partial charge in [-0.1, -0.05) is 5.10 Å². The van der Waals surface area contributed by atoms with E-state index in [4.69, 9.17) is 5.11 Å². The molecule has 0 aromatic carbocycles. The Morgan fingerprint density at radius 2 is 2.42 bits per heavy atom. The van der Waals surface area contributed by atoms with Crippen LogP contribution < -0.4 is 0 Å². The molecule has 0 saturated heterocycles. The maximum atomic E-state index is 10.4. The fraction of sp³-hybridized carbons (Fsp3) is 0.200. The molecule has 0 spiro atoms. The third-order valence-corrected chi connectivity index (χ3v) is 1.31. The molecule has 1 N–H and O–H groups in total. The van der Waals surface area contributed by atoms with Gasteiger partial charge in [0.15, 0.2) is 5.56 Å². The van der Waals surface area contributed by atoms with Gasteiger partial charge in [-0.05, 0) is 4.92 Å². The van der Waals surface area contributed by atoms with Crippen LogP contribution in [0.4, 0.5) is 5.82 Å². The van der Waals surface area contributed by atoms with Gasteiger partial charge in [-0.15, -0.1) is 4.68 Å². The zero-order valence-electron chi connectivity index (χ0n) is 6.09. The zero-order chi connectivity index (χ0) is 9.30. The van der Waals surface area contributed by atoms with Gasteiger partial charge < -0.3 is 15.2 Å². The molecule has 64 valence electrons. The van der Waals surface area contributed by atoms with Gasteiger partial charge in [-0.2, -0.15) is 0 Å². The number of carboxylic acids is 1. The molecule has 0 aliphatic rings. The van der Waals surface area contributed by atoms with E-state index in [2.05, 4.69) is 5.10 Å². The molecular formula is C5H5N3O4. The molecule has 1 heterocycles. The average Bonchev–Trinajstić information content (AvgIpc) is 2.30. The van der Waals surface area contributed by atoms with Crippen molar-refractivity contribution < 1.29 is 14.8 Å². The lowest BCUT2D eigenvalue weighted by molar-refractivity contribution is -0.392. The number of carboxylic acid groups (broad SMARTS) is 1. The summed E-state index contributed by atoms with van der Waals surface area (Å²) in [5, 5.41) is 22.2. The van der Waals surface area contributed by atoms with Crippen molar-refractivity contribution in [1.29, 1.82) is 0 Å². The number of aromatic carboxylic acids is 1. The number of hydrogen-bond acceptors (Lipinski definition) is 4. The minimum Gasteiger partial charge on any atom is -0.477 e. The minimum atomic E-state index is -1.35. The molecule has 0 atom stereocenters. The Labute approximate surface area is 66.4 Å². The Morgan fingerprint density at radius 3 is 2.75 bits per heavy atom. The summed E-state index contributed by atoms with van der Waals surface area (Å²) in [6.45, 7) is 0. The monoisotopic (exact) mass is 171 g/mol. The molecule has 0 unspecified atom stereocenters. The van der Waals surface area contributed by atoms with Crippen molar-refractivity contribution in [3.8, 4) is 0 Å². The van der Waals surface area contributed by atoms with Gasteiger partial charge in [0.1, 0.15) is 7.05 Å². The molecule has 0 bridgehead atoms. The molecule has 0 radical (unpaired) electrons. The standard InChI is InChI=1S/C5H5N3O4/c1-7-4(8(11)12)3(2-6-7)5(9)10/h2H,1H3,(H,9,10). The molecule has 0 fully saturated rings. The zero-order valence-corrected chi connectivity index (χ0v) is 6.09. The van der Waals surface area contributed by atoms with E-state index < -0.39 is 22.3 Å². The molecule has 7 nitrogen and oxygen atoms in total. The summed E-state index contributed by atoms with van der Waals surface area (Å²) in [6, 6.07) is 0. The summed E-state index contributed by atoms with van der Waals surface area (Å²) in [6.07, 6.45) is 0.945. The van der Waals surface area contributed by atoms with Gasteiger partial charge in [-0.3, -0.25) is 0 Å². The predicted octanol–water partition coefficient (Wildman–Crippen LogP) is 0.0265. The van der Waals surface area contributed by atoms with Crippen LogP contribution in [-0.4, -0.2) is 25.8 Å². The van der Waals surface area contributed by atoms with E-state index in [1.165, 1.54) is 7.05 Å². The van der Waals surface area contributed by atoms with Crippen molar-refractivity contribution in [2.45, 2.75) is 0 Å². The number of rotatable bonds is 2. The third-order valence-electron chi connectivity index (χ3n) is 1.31. The minimum absolute atomic E-state index is 0.400. The van der Waals surface area contributed by atoms with Gasteiger partial charge in [0, 0.05) is 0 Å². The van der Waals surface area contributed by atoms with Crippen molar-refractivity contribution >= 4 is 11.8 Å². The highest BCUT2D eigenvalue weighted by molar-refractivity contribution is 5.91. The fourth-order valence-corrected chi connectivity index (χ4v) is 0.798. The van der Waals surface area contributed by atoms with E-state index >= 15 is 0 Å². The molecule has 12 heavy (non-hydrogen) atoms. The molecular weight excluding hydrogens is 166 g/mol. The highest BCUT2D eigenvalue weighted by Gasteiger charge is 2.24. The molecule has 0 amide bonds. The van der Waals surface area contributed by atoms with Crippen LogP contribution in [-0.2, 0) is 7.05 Å². The Hall–Kier alpha value is -1.92. The van der Waals surface area contributed by atoms with Crippen LogP contribution in [0.5, 0.6) is 0 Å². The lowest BCUT2D eigenvalue weighted by Gasteiger charge is -1.93. The largest absolute Gasteiger partial charge is 0.477 e. The molecule has 0 aliphatic carbocycles. The van der Waals surface area contributed by atoms with Crippen LogP contribution in [0.2, 0.25) is 0 Å². The summed E-state index contributed by atoms with van der Waals surface area (Å²) in [5.74, 6) is -1.86. The van der Waals surface area contributed by atoms with Crippen molar-refractivity contribution in [3.63, 3.8) is 0 Å². The quantitative estimate of drug-likeness (QED) is 0.499. The Kier molecular flexibility index (Phi) is 1.78. The van der Waals surface area contributed by atoms with E-state index in [1.807, 2.05) is 0 Å². The van der Waals surface area contributed by atoms with E-state index in [9.17, 15) is 14.9 Å². The lowest BCUT2D eigenvalue weighted by atomic mass is 10.3. The van der Waals surface area contributed by atoms with Crippen LogP contribution in [0.1, 0.15) is 10.4 Å². The van der Waals surface area contributed by atoms with Crippen LogP contribution in [0.25, 0.3) is 0 Å². The fourth-order valence-electron chi connectivity index (χ4n) is 0.798. The van der Waals surface area contributed by atoms with Gasteiger partial charge in [-0.25, -0.2) is 4.79 Å². The second-order valence-corrected chi connectivity index (χ2v) is 2.07. The number of nitrogens with zero attached hydrogens (tertiary/aromatic N) is 3. The number of hydrogen-bond donors (Lipinski definition) is 1. The molecule has 1 aromatic rings. The van der Waals surface area contributed by atoms with E-state index in [0.29, 0.717) is 0 Å². The van der Waals surface area contributed by atoms with Gasteiger partial charge >= 0.3 is 11.8 Å². The van der Waals surface area contributed by atoms with Crippen LogP contribution >= 0.6 is 0 Å². The first kappa shape index (κ1) is 8.18. The summed E-state index contributed by atoms with van der Waals surface area (Å²) in [7, 11) is 1.31. The molecule has 0 aliphatic heterocycles. The first-order chi connectivity index (χ1) is 5.54. The first-order valence-corrected chi connectivity index (χ1v) is 2.93. The number of carbonyl (C=O) groups is 1. The number of aryl methyl sites for hydroxylation is 1. The molecule has 0 saturated carbocycles. The Morgan fingerprint density at radius 1 is 1.83 bits per heavy atom. The average molecular weight is 171 g/mol. The lowest BCUT2D eigenvalue weighted by Crippen LogP contribution is -2.04. The maximum Gasteiger partial charge on any atom is 0.359 e. The van der Waals surface area contributed by atoms with Gasteiger partial charge in [0.05, 0.1) is 6.20 Å². The predicted molar refractivity (Wildman–Crippen MR) is 36.8 cm³/mol. The van der Waals surface area contributed by atoms with Gasteiger partial charge in [0.25, 0.3) is 0 Å². The van der Waals surface area contributed by atoms with Crippen LogP contribution in [0.15, 0.2) is 6.20 Å². The third kappa shape index (κ3) is 1.11. The highest BCUT2D eigenvalue weighted by atomic mass is 16.6. The summed E-state index contributed by atoms with van der Waals surface area (Å²) in [4.78, 5) is 19.9. The van der Waals surface area contributed by atoms with Crippen LogP contribution in [0, 0.1) is 10.1 Å². The molecule has 1 aromatic heterocycles. The molecule has 1 rings (SSSR count). The van der Waals surface area contributed by atoms with Crippen molar-refractivity contribution in [2.75, 3.05) is 0 Å². The number of nitro groups is 1. The van der Waals surface area contributed by atoms with E-state index in [-0.39, 0.29) is 0 Å². The Bertz CT molecular complexity index is 342. The second kappa shape index (κ2) is 2.61.